The molecule has 0 saturated heterocycles. The maximum absolute atomic E-state index is 9.29. The van der Waals surface area contributed by atoms with E-state index >= 15 is 0 Å². The van der Waals surface area contributed by atoms with Gasteiger partial charge >= 0.3 is 0 Å². The zero-order valence-electron chi connectivity index (χ0n) is 11.1. The van der Waals surface area contributed by atoms with Gasteiger partial charge in [0.1, 0.15) is 18.1 Å². The summed E-state index contributed by atoms with van der Waals surface area (Å²) in [5, 5.41) is 9.29. The summed E-state index contributed by atoms with van der Waals surface area (Å²) < 4.78 is 10.9. The number of benzene rings is 1. The second-order valence-corrected chi connectivity index (χ2v) is 4.29. The molecular weight excluding hydrogens is 242 g/mol. The average Bonchev–Trinajstić information content (AvgIpc) is 2.45. The highest BCUT2D eigenvalue weighted by atomic mass is 16.5. The predicted molar refractivity (Wildman–Crippen MR) is 72.2 cm³/mol. The molecule has 0 bridgehead atoms. The van der Waals surface area contributed by atoms with E-state index in [-0.39, 0.29) is 6.61 Å². The fourth-order valence-corrected chi connectivity index (χ4v) is 1.78. The summed E-state index contributed by atoms with van der Waals surface area (Å²) in [4.78, 5) is 4.12. The second-order valence-electron chi connectivity index (χ2n) is 4.29. The highest BCUT2D eigenvalue weighted by molar-refractivity contribution is 5.40. The zero-order chi connectivity index (χ0) is 13.7. The lowest BCUT2D eigenvalue weighted by molar-refractivity contribution is 0.258. The molecule has 19 heavy (non-hydrogen) atoms. The van der Waals surface area contributed by atoms with Crippen LogP contribution in [0.15, 0.2) is 36.7 Å². The van der Waals surface area contributed by atoms with Gasteiger partial charge in [0, 0.05) is 29.6 Å². The van der Waals surface area contributed by atoms with Crippen LogP contribution in [-0.4, -0.2) is 17.2 Å². The summed E-state index contributed by atoms with van der Waals surface area (Å²) in [5.74, 6) is 1.33. The maximum Gasteiger partial charge on any atom is 0.129 e. The number of aliphatic hydroxyl groups excluding tert-OH is 1. The number of hydrogen-bond donors (Lipinski definition) is 1. The number of aromatic nitrogens is 1. The van der Waals surface area contributed by atoms with Gasteiger partial charge in [0.15, 0.2) is 0 Å². The molecule has 1 N–H and O–H groups in total. The molecule has 0 saturated carbocycles. The molecule has 1 aromatic carbocycles. The SMILES string of the molecule is COc1ccc(CO)c(OCc2cncc(C)c2)c1. The fourth-order valence-electron chi connectivity index (χ4n) is 1.78. The summed E-state index contributed by atoms with van der Waals surface area (Å²) in [5.41, 5.74) is 2.82. The number of pyridine rings is 1. The average molecular weight is 259 g/mol. The molecule has 0 fully saturated rings. The van der Waals surface area contributed by atoms with Crippen LogP contribution in [0.1, 0.15) is 16.7 Å². The minimum atomic E-state index is -0.0641. The van der Waals surface area contributed by atoms with Crippen molar-refractivity contribution in [3.63, 3.8) is 0 Å². The molecule has 0 aliphatic rings. The van der Waals surface area contributed by atoms with Gasteiger partial charge < -0.3 is 14.6 Å². The van der Waals surface area contributed by atoms with Crippen molar-refractivity contribution in [2.45, 2.75) is 20.1 Å². The van der Waals surface area contributed by atoms with E-state index in [0.717, 1.165) is 16.7 Å². The third-order valence-corrected chi connectivity index (χ3v) is 2.77. The summed E-state index contributed by atoms with van der Waals surface area (Å²) in [7, 11) is 1.60. The van der Waals surface area contributed by atoms with E-state index in [1.165, 1.54) is 0 Å². The summed E-state index contributed by atoms with van der Waals surface area (Å²) >= 11 is 0. The number of hydrogen-bond acceptors (Lipinski definition) is 4. The summed E-state index contributed by atoms with van der Waals surface area (Å²) in [6.07, 6.45) is 3.57. The van der Waals surface area contributed by atoms with Crippen LogP contribution in [-0.2, 0) is 13.2 Å². The highest BCUT2D eigenvalue weighted by Crippen LogP contribution is 2.25. The van der Waals surface area contributed by atoms with E-state index < -0.39 is 0 Å². The quantitative estimate of drug-likeness (QED) is 0.896. The van der Waals surface area contributed by atoms with E-state index in [9.17, 15) is 5.11 Å². The molecule has 0 amide bonds. The molecule has 0 radical (unpaired) electrons. The molecule has 0 spiro atoms. The molecule has 100 valence electrons. The van der Waals surface area contributed by atoms with Crippen molar-refractivity contribution in [2.75, 3.05) is 7.11 Å². The second kappa shape index (κ2) is 6.20. The first kappa shape index (κ1) is 13.4. The molecule has 2 rings (SSSR count). The topological polar surface area (TPSA) is 51.6 Å². The number of methoxy groups -OCH3 is 1. The Bertz CT molecular complexity index is 555. The minimum absolute atomic E-state index is 0.0641. The summed E-state index contributed by atoms with van der Waals surface area (Å²) in [6, 6.07) is 7.38. The number of nitrogens with zero attached hydrogens (tertiary/aromatic N) is 1. The standard InChI is InChI=1S/C15H17NO3/c1-11-5-12(8-16-7-11)10-19-15-6-14(18-2)4-3-13(15)9-17/h3-8,17H,9-10H2,1-2H3. The van der Waals surface area contributed by atoms with Gasteiger partial charge in [-0.1, -0.05) is 0 Å². The lowest BCUT2D eigenvalue weighted by Gasteiger charge is -2.11. The van der Waals surface area contributed by atoms with E-state index in [1.54, 1.807) is 37.7 Å². The Labute approximate surface area is 112 Å². The van der Waals surface area contributed by atoms with Crippen LogP contribution < -0.4 is 9.47 Å². The van der Waals surface area contributed by atoms with E-state index in [4.69, 9.17) is 9.47 Å². The van der Waals surface area contributed by atoms with Gasteiger partial charge in [0.2, 0.25) is 0 Å². The molecule has 0 aliphatic heterocycles. The smallest absolute Gasteiger partial charge is 0.129 e. The Morgan fingerprint density at radius 3 is 2.74 bits per heavy atom. The summed E-state index contributed by atoms with van der Waals surface area (Å²) in [6.45, 7) is 2.33. The van der Waals surface area contributed by atoms with Gasteiger partial charge in [-0.25, -0.2) is 0 Å². The molecule has 1 aromatic heterocycles. The van der Waals surface area contributed by atoms with Crippen LogP contribution in [0.4, 0.5) is 0 Å². The van der Waals surface area contributed by atoms with Gasteiger partial charge in [0.05, 0.1) is 13.7 Å². The van der Waals surface area contributed by atoms with Crippen molar-refractivity contribution in [3.05, 3.63) is 53.3 Å². The Morgan fingerprint density at radius 2 is 2.05 bits per heavy atom. The normalized spacial score (nSPS) is 10.3. The highest BCUT2D eigenvalue weighted by Gasteiger charge is 2.05. The van der Waals surface area contributed by atoms with Crippen molar-refractivity contribution in [1.82, 2.24) is 4.98 Å². The first-order valence-electron chi connectivity index (χ1n) is 6.04. The molecule has 0 aliphatic carbocycles. The predicted octanol–water partition coefficient (Wildman–Crippen LogP) is 2.47. The Kier molecular flexibility index (Phi) is 4.36. The van der Waals surface area contributed by atoms with Crippen LogP contribution >= 0.6 is 0 Å². The molecule has 0 atom stereocenters. The van der Waals surface area contributed by atoms with E-state index in [1.807, 2.05) is 13.0 Å². The van der Waals surface area contributed by atoms with Gasteiger partial charge in [-0.15, -0.1) is 0 Å². The fraction of sp³-hybridized carbons (Fsp3) is 0.267. The number of aryl methyl sites for hydroxylation is 1. The van der Waals surface area contributed by atoms with Crippen LogP contribution in [0, 0.1) is 6.92 Å². The third-order valence-electron chi connectivity index (χ3n) is 2.77. The zero-order valence-corrected chi connectivity index (χ0v) is 11.1. The van der Waals surface area contributed by atoms with Gasteiger partial charge in [-0.3, -0.25) is 4.98 Å². The number of aliphatic hydroxyl groups is 1. The Hall–Kier alpha value is -2.07. The largest absolute Gasteiger partial charge is 0.497 e. The van der Waals surface area contributed by atoms with Gasteiger partial charge in [0.25, 0.3) is 0 Å². The van der Waals surface area contributed by atoms with Crippen molar-refractivity contribution in [3.8, 4) is 11.5 Å². The first-order valence-corrected chi connectivity index (χ1v) is 6.04. The molecule has 4 nitrogen and oxygen atoms in total. The molecular formula is C15H17NO3. The van der Waals surface area contributed by atoms with Crippen molar-refractivity contribution in [2.24, 2.45) is 0 Å². The number of rotatable bonds is 5. The van der Waals surface area contributed by atoms with Crippen LogP contribution in [0.2, 0.25) is 0 Å². The van der Waals surface area contributed by atoms with Crippen LogP contribution in [0.5, 0.6) is 11.5 Å². The lowest BCUT2D eigenvalue weighted by atomic mass is 10.2. The van der Waals surface area contributed by atoms with Gasteiger partial charge in [-0.2, -0.15) is 0 Å². The lowest BCUT2D eigenvalue weighted by Crippen LogP contribution is -2.00. The third kappa shape index (κ3) is 3.45. The van der Waals surface area contributed by atoms with Crippen LogP contribution in [0.25, 0.3) is 0 Å². The Balaban J connectivity index is 2.14. The van der Waals surface area contributed by atoms with Gasteiger partial charge in [-0.05, 0) is 30.7 Å². The van der Waals surface area contributed by atoms with Crippen molar-refractivity contribution in [1.29, 1.82) is 0 Å². The maximum atomic E-state index is 9.29. The molecule has 1 heterocycles. The van der Waals surface area contributed by atoms with Crippen molar-refractivity contribution < 1.29 is 14.6 Å². The molecule has 2 aromatic rings. The number of ether oxygens (including phenoxy) is 2. The monoisotopic (exact) mass is 259 g/mol. The van der Waals surface area contributed by atoms with E-state index in [2.05, 4.69) is 4.98 Å². The molecule has 0 unspecified atom stereocenters. The van der Waals surface area contributed by atoms with E-state index in [0.29, 0.717) is 18.1 Å². The minimum Gasteiger partial charge on any atom is -0.497 e. The van der Waals surface area contributed by atoms with Crippen molar-refractivity contribution >= 4 is 0 Å². The first-order chi connectivity index (χ1) is 9.22. The Morgan fingerprint density at radius 1 is 1.21 bits per heavy atom. The van der Waals surface area contributed by atoms with Crippen LogP contribution in [0.3, 0.4) is 0 Å². The molecule has 4 heteroatoms.